The van der Waals surface area contributed by atoms with Crippen LogP contribution in [-0.4, -0.2) is 0 Å². The Morgan fingerprint density at radius 3 is 1.60 bits per heavy atom. The first-order valence-corrected chi connectivity index (χ1v) is 19.7. The Bertz CT molecular complexity index is 3120. The predicted octanol–water partition coefficient (Wildman–Crippen LogP) is 15.5. The summed E-state index contributed by atoms with van der Waals surface area (Å²) in [5, 5.41) is 4.77. The van der Waals surface area contributed by atoms with Gasteiger partial charge in [-0.3, -0.25) is 0 Å². The SMILES string of the molecule is CC1(C)c2ccccc2-c2ccc(-c3ccc(N(c4ccccc4)c4ccc(-c5ccc(-c6ccc7oc8ccc9ccccc9c8c7c6)cc5)cc4)cc3)cc21. The molecular formula is C55H39NO. The van der Waals surface area contributed by atoms with Crippen LogP contribution in [0.15, 0.2) is 205 Å². The zero-order chi connectivity index (χ0) is 38.1. The van der Waals surface area contributed by atoms with Crippen LogP contribution in [0.1, 0.15) is 25.0 Å². The fraction of sp³-hybridized carbons (Fsp3) is 0.0545. The molecule has 1 heterocycles. The standard InChI is InChI=1S/C55H39NO/c1-55(2)50-15-9-8-14-47(50)48-31-24-42(35-51(48)55)39-22-29-45(30-23-39)56(43-11-4-3-5-12-43)44-27-20-37(21-28-44)36-16-18-38(19-17-36)41-26-32-52-49(34-41)54-46-13-7-6-10-40(46)25-33-53(54)57-52/h3-35H,1-2H3. The first kappa shape index (κ1) is 33.2. The first-order chi connectivity index (χ1) is 28.0. The molecule has 0 bridgehead atoms. The Balaban J connectivity index is 0.880. The predicted molar refractivity (Wildman–Crippen MR) is 240 cm³/mol. The Morgan fingerprint density at radius 2 is 0.877 bits per heavy atom. The van der Waals surface area contributed by atoms with Crippen LogP contribution >= 0.6 is 0 Å². The maximum absolute atomic E-state index is 6.26. The lowest BCUT2D eigenvalue weighted by molar-refractivity contribution is 0.660. The van der Waals surface area contributed by atoms with Gasteiger partial charge in [0.2, 0.25) is 0 Å². The molecule has 2 heteroatoms. The van der Waals surface area contributed by atoms with Gasteiger partial charge in [-0.05, 0) is 127 Å². The summed E-state index contributed by atoms with van der Waals surface area (Å²) in [7, 11) is 0. The first-order valence-electron chi connectivity index (χ1n) is 19.7. The van der Waals surface area contributed by atoms with E-state index in [1.54, 1.807) is 0 Å². The van der Waals surface area contributed by atoms with Gasteiger partial charge in [0.25, 0.3) is 0 Å². The lowest BCUT2D eigenvalue weighted by Gasteiger charge is -2.26. The average Bonchev–Trinajstić information content (AvgIpc) is 3.76. The average molecular weight is 730 g/mol. The number of nitrogens with zero attached hydrogens (tertiary/aromatic N) is 1. The number of hydrogen-bond acceptors (Lipinski definition) is 2. The highest BCUT2D eigenvalue weighted by Gasteiger charge is 2.35. The Hall–Kier alpha value is -7.16. The summed E-state index contributed by atoms with van der Waals surface area (Å²) in [5.74, 6) is 0. The smallest absolute Gasteiger partial charge is 0.136 e. The number of para-hydroxylation sites is 1. The molecule has 0 radical (unpaired) electrons. The number of hydrogen-bond donors (Lipinski definition) is 0. The van der Waals surface area contributed by atoms with E-state index in [4.69, 9.17) is 4.42 Å². The summed E-state index contributed by atoms with van der Waals surface area (Å²) < 4.78 is 6.26. The van der Waals surface area contributed by atoms with Crippen LogP contribution in [0.4, 0.5) is 17.1 Å². The van der Waals surface area contributed by atoms with Crippen molar-refractivity contribution in [2.24, 2.45) is 0 Å². The molecule has 0 atom stereocenters. The van der Waals surface area contributed by atoms with Crippen LogP contribution in [-0.2, 0) is 5.41 Å². The minimum Gasteiger partial charge on any atom is -0.456 e. The fourth-order valence-corrected chi connectivity index (χ4v) is 9.10. The van der Waals surface area contributed by atoms with E-state index >= 15 is 0 Å². The van der Waals surface area contributed by atoms with Crippen molar-refractivity contribution in [3.63, 3.8) is 0 Å². The Kier molecular flexibility index (Phi) is 7.55. The quantitative estimate of drug-likeness (QED) is 0.169. The molecule has 0 fully saturated rings. The van der Waals surface area contributed by atoms with E-state index in [9.17, 15) is 0 Å². The fourth-order valence-electron chi connectivity index (χ4n) is 9.10. The molecule has 0 amide bonds. The van der Waals surface area contributed by atoms with Gasteiger partial charge in [0.1, 0.15) is 11.2 Å². The highest BCUT2D eigenvalue weighted by Crippen LogP contribution is 2.49. The molecule has 2 nitrogen and oxygen atoms in total. The molecule has 0 saturated heterocycles. The third-order valence-corrected chi connectivity index (χ3v) is 12.1. The van der Waals surface area contributed by atoms with Crippen molar-refractivity contribution in [3.05, 3.63) is 211 Å². The molecule has 0 unspecified atom stereocenters. The Labute approximate surface area is 332 Å². The summed E-state index contributed by atoms with van der Waals surface area (Å²) >= 11 is 0. The van der Waals surface area contributed by atoms with Crippen LogP contribution in [0, 0.1) is 0 Å². The molecule has 1 aliphatic rings. The highest BCUT2D eigenvalue weighted by molar-refractivity contribution is 6.19. The third-order valence-electron chi connectivity index (χ3n) is 12.1. The van der Waals surface area contributed by atoms with Crippen molar-refractivity contribution < 1.29 is 4.42 Å². The summed E-state index contributed by atoms with van der Waals surface area (Å²) in [5.41, 5.74) is 17.8. The van der Waals surface area contributed by atoms with Gasteiger partial charge in [-0.1, -0.05) is 153 Å². The molecule has 1 aromatic heterocycles. The van der Waals surface area contributed by atoms with Crippen molar-refractivity contribution >= 4 is 49.8 Å². The molecule has 0 aliphatic heterocycles. The molecular weight excluding hydrogens is 691 g/mol. The zero-order valence-electron chi connectivity index (χ0n) is 31.9. The van der Waals surface area contributed by atoms with Crippen LogP contribution in [0.2, 0.25) is 0 Å². The van der Waals surface area contributed by atoms with Gasteiger partial charge in [-0.25, -0.2) is 0 Å². The van der Waals surface area contributed by atoms with E-state index in [1.165, 1.54) is 71.8 Å². The van der Waals surface area contributed by atoms with E-state index in [0.29, 0.717) is 0 Å². The minimum atomic E-state index is -0.0263. The summed E-state index contributed by atoms with van der Waals surface area (Å²) in [6.45, 7) is 4.68. The van der Waals surface area contributed by atoms with E-state index in [2.05, 4.69) is 219 Å². The lowest BCUT2D eigenvalue weighted by atomic mass is 9.81. The van der Waals surface area contributed by atoms with Gasteiger partial charge in [-0.15, -0.1) is 0 Å². The van der Waals surface area contributed by atoms with Crippen LogP contribution in [0.3, 0.4) is 0 Å². The van der Waals surface area contributed by atoms with E-state index in [0.717, 1.165) is 33.6 Å². The largest absolute Gasteiger partial charge is 0.456 e. The number of benzene rings is 9. The minimum absolute atomic E-state index is 0.0263. The van der Waals surface area contributed by atoms with E-state index in [-0.39, 0.29) is 5.41 Å². The topological polar surface area (TPSA) is 16.4 Å². The number of rotatable bonds is 6. The maximum atomic E-state index is 6.26. The maximum Gasteiger partial charge on any atom is 0.136 e. The second-order valence-electron chi connectivity index (χ2n) is 15.7. The summed E-state index contributed by atoms with van der Waals surface area (Å²) in [6, 6.07) is 72.5. The van der Waals surface area contributed by atoms with Gasteiger partial charge in [-0.2, -0.15) is 0 Å². The number of fused-ring (bicyclic) bond motifs is 8. The molecule has 1 aliphatic carbocycles. The van der Waals surface area contributed by atoms with Crippen LogP contribution < -0.4 is 4.90 Å². The molecule has 0 N–H and O–H groups in total. The van der Waals surface area contributed by atoms with Crippen molar-refractivity contribution in [1.29, 1.82) is 0 Å². The molecule has 57 heavy (non-hydrogen) atoms. The molecule has 0 saturated carbocycles. The highest BCUT2D eigenvalue weighted by atomic mass is 16.3. The second kappa shape index (κ2) is 13.0. The normalized spacial score (nSPS) is 12.9. The van der Waals surface area contributed by atoms with Gasteiger partial charge in [0.05, 0.1) is 0 Å². The van der Waals surface area contributed by atoms with Crippen molar-refractivity contribution in [2.45, 2.75) is 19.3 Å². The molecule has 11 rings (SSSR count). The molecule has 0 spiro atoms. The number of anilines is 3. The van der Waals surface area contributed by atoms with E-state index < -0.39 is 0 Å². The van der Waals surface area contributed by atoms with Gasteiger partial charge < -0.3 is 9.32 Å². The van der Waals surface area contributed by atoms with Gasteiger partial charge in [0.15, 0.2) is 0 Å². The number of furan rings is 1. The van der Waals surface area contributed by atoms with Gasteiger partial charge >= 0.3 is 0 Å². The van der Waals surface area contributed by atoms with Crippen molar-refractivity contribution in [2.75, 3.05) is 4.90 Å². The van der Waals surface area contributed by atoms with Crippen molar-refractivity contribution in [3.8, 4) is 44.5 Å². The molecule has 10 aromatic rings. The summed E-state index contributed by atoms with van der Waals surface area (Å²) in [6.07, 6.45) is 0. The van der Waals surface area contributed by atoms with Gasteiger partial charge in [0, 0.05) is 33.2 Å². The monoisotopic (exact) mass is 729 g/mol. The zero-order valence-corrected chi connectivity index (χ0v) is 31.9. The van der Waals surface area contributed by atoms with E-state index in [1.807, 2.05) is 0 Å². The summed E-state index contributed by atoms with van der Waals surface area (Å²) in [4.78, 5) is 2.33. The second-order valence-corrected chi connectivity index (χ2v) is 15.7. The van der Waals surface area contributed by atoms with Crippen molar-refractivity contribution in [1.82, 2.24) is 0 Å². The Morgan fingerprint density at radius 1 is 0.368 bits per heavy atom. The molecule has 270 valence electrons. The lowest BCUT2D eigenvalue weighted by Crippen LogP contribution is -2.14. The van der Waals surface area contributed by atoms with Crippen LogP contribution in [0.5, 0.6) is 0 Å². The third kappa shape index (κ3) is 5.48. The molecule has 9 aromatic carbocycles. The van der Waals surface area contributed by atoms with Crippen LogP contribution in [0.25, 0.3) is 77.2 Å².